The van der Waals surface area contributed by atoms with Crippen molar-refractivity contribution in [3.63, 3.8) is 0 Å². The quantitative estimate of drug-likeness (QED) is 0.582. The molecule has 116 valence electrons. The highest BCUT2D eigenvalue weighted by atomic mass is 79.9. The molecule has 1 amide bonds. The van der Waals surface area contributed by atoms with Gasteiger partial charge in [0.2, 0.25) is 0 Å². The van der Waals surface area contributed by atoms with Crippen LogP contribution in [0.5, 0.6) is 0 Å². The molecule has 0 saturated heterocycles. The Kier molecular flexibility index (Phi) is 3.77. The Morgan fingerprint density at radius 3 is 2.78 bits per heavy atom. The minimum Gasteiger partial charge on any atom is -0.357 e. The lowest BCUT2D eigenvalue weighted by atomic mass is 10.0. The number of aromatic nitrogens is 1. The third-order valence-corrected chi connectivity index (χ3v) is 5.47. The van der Waals surface area contributed by atoms with Crippen LogP contribution in [-0.2, 0) is 13.0 Å². The molecule has 1 aliphatic rings. The van der Waals surface area contributed by atoms with Gasteiger partial charge in [-0.05, 0) is 40.2 Å². The SMILES string of the molecule is O=C(c1cccc(Br)c1)N1CCc2[nH]c3c(Br)cccc3c2C1. The topological polar surface area (TPSA) is 36.1 Å². The van der Waals surface area contributed by atoms with E-state index in [2.05, 4.69) is 42.9 Å². The smallest absolute Gasteiger partial charge is 0.254 e. The van der Waals surface area contributed by atoms with Crippen LogP contribution in [0.3, 0.4) is 0 Å². The fraction of sp³-hybridized carbons (Fsp3) is 0.167. The van der Waals surface area contributed by atoms with Crippen LogP contribution < -0.4 is 0 Å². The number of aromatic amines is 1. The van der Waals surface area contributed by atoms with Crippen molar-refractivity contribution in [3.8, 4) is 0 Å². The first-order chi connectivity index (χ1) is 11.1. The molecule has 5 heteroatoms. The van der Waals surface area contributed by atoms with Gasteiger partial charge in [0.1, 0.15) is 0 Å². The predicted molar refractivity (Wildman–Crippen MR) is 98.6 cm³/mol. The maximum atomic E-state index is 12.8. The van der Waals surface area contributed by atoms with Crippen LogP contribution in [0.1, 0.15) is 21.6 Å². The lowest BCUT2D eigenvalue weighted by molar-refractivity contribution is 0.0735. The number of halogens is 2. The molecule has 0 fully saturated rings. The van der Waals surface area contributed by atoms with E-state index in [0.717, 1.165) is 33.0 Å². The molecular weight excluding hydrogens is 420 g/mol. The number of nitrogens with zero attached hydrogens (tertiary/aromatic N) is 1. The number of hydrogen-bond acceptors (Lipinski definition) is 1. The molecule has 0 aliphatic carbocycles. The zero-order valence-corrected chi connectivity index (χ0v) is 15.4. The average molecular weight is 434 g/mol. The summed E-state index contributed by atoms with van der Waals surface area (Å²) in [7, 11) is 0. The van der Waals surface area contributed by atoms with E-state index in [9.17, 15) is 4.79 Å². The van der Waals surface area contributed by atoms with Crippen LogP contribution in [0.25, 0.3) is 10.9 Å². The Balaban J connectivity index is 1.70. The third-order valence-electron chi connectivity index (χ3n) is 4.32. The van der Waals surface area contributed by atoms with Gasteiger partial charge in [-0.1, -0.05) is 34.1 Å². The van der Waals surface area contributed by atoms with E-state index in [0.29, 0.717) is 6.54 Å². The van der Waals surface area contributed by atoms with E-state index in [1.807, 2.05) is 41.3 Å². The highest BCUT2D eigenvalue weighted by molar-refractivity contribution is 9.11. The average Bonchev–Trinajstić information content (AvgIpc) is 2.93. The molecule has 0 saturated carbocycles. The van der Waals surface area contributed by atoms with Crippen LogP contribution in [0, 0.1) is 0 Å². The van der Waals surface area contributed by atoms with E-state index in [1.54, 1.807) is 0 Å². The fourth-order valence-corrected chi connectivity index (χ4v) is 4.04. The molecule has 2 heterocycles. The second kappa shape index (κ2) is 5.80. The summed E-state index contributed by atoms with van der Waals surface area (Å²) in [6.45, 7) is 1.39. The summed E-state index contributed by atoms with van der Waals surface area (Å²) >= 11 is 7.03. The third kappa shape index (κ3) is 2.62. The normalized spacial score (nSPS) is 14.1. The lowest BCUT2D eigenvalue weighted by Crippen LogP contribution is -2.35. The monoisotopic (exact) mass is 432 g/mol. The van der Waals surface area contributed by atoms with Crippen molar-refractivity contribution in [1.29, 1.82) is 0 Å². The summed E-state index contributed by atoms with van der Waals surface area (Å²) in [5.74, 6) is 0.0845. The van der Waals surface area contributed by atoms with Gasteiger partial charge < -0.3 is 9.88 Å². The molecule has 0 bridgehead atoms. The highest BCUT2D eigenvalue weighted by Crippen LogP contribution is 2.32. The van der Waals surface area contributed by atoms with E-state index in [-0.39, 0.29) is 5.91 Å². The van der Waals surface area contributed by atoms with Gasteiger partial charge in [0.25, 0.3) is 5.91 Å². The van der Waals surface area contributed by atoms with Crippen molar-refractivity contribution in [3.05, 3.63) is 68.2 Å². The summed E-state index contributed by atoms with van der Waals surface area (Å²) < 4.78 is 1.99. The molecule has 4 rings (SSSR count). The molecule has 0 radical (unpaired) electrons. The number of carbonyl (C=O) groups excluding carboxylic acids is 1. The summed E-state index contributed by atoms with van der Waals surface area (Å²) in [6, 6.07) is 13.8. The first-order valence-corrected chi connectivity index (χ1v) is 9.05. The summed E-state index contributed by atoms with van der Waals surface area (Å²) in [5.41, 5.74) is 4.32. The number of hydrogen-bond donors (Lipinski definition) is 1. The van der Waals surface area contributed by atoms with Crippen LogP contribution in [-0.4, -0.2) is 22.3 Å². The van der Waals surface area contributed by atoms with Crippen molar-refractivity contribution in [1.82, 2.24) is 9.88 Å². The van der Waals surface area contributed by atoms with Crippen LogP contribution in [0.4, 0.5) is 0 Å². The molecule has 3 nitrogen and oxygen atoms in total. The summed E-state index contributed by atoms with van der Waals surface area (Å²) in [6.07, 6.45) is 0.857. The number of rotatable bonds is 1. The molecular formula is C18H14Br2N2O. The Morgan fingerprint density at radius 2 is 1.96 bits per heavy atom. The van der Waals surface area contributed by atoms with Gasteiger partial charge in [-0.3, -0.25) is 4.79 Å². The van der Waals surface area contributed by atoms with E-state index in [4.69, 9.17) is 0 Å². The first kappa shape index (κ1) is 15.0. The largest absolute Gasteiger partial charge is 0.357 e. The Bertz CT molecular complexity index is 917. The van der Waals surface area contributed by atoms with Gasteiger partial charge in [0, 0.05) is 50.7 Å². The Hall–Kier alpha value is -1.59. The van der Waals surface area contributed by atoms with Crippen LogP contribution >= 0.6 is 31.9 Å². The first-order valence-electron chi connectivity index (χ1n) is 7.46. The fourth-order valence-electron chi connectivity index (χ4n) is 3.18. The molecule has 2 aromatic carbocycles. The standard InChI is InChI=1S/C18H14Br2N2O/c19-12-4-1-3-11(9-12)18(23)22-8-7-16-14(10-22)13-5-2-6-15(20)17(13)21-16/h1-6,9,21H,7-8,10H2. The highest BCUT2D eigenvalue weighted by Gasteiger charge is 2.25. The molecule has 1 aromatic heterocycles. The number of H-pyrrole nitrogens is 1. The minimum atomic E-state index is 0.0845. The number of carbonyl (C=O) groups is 1. The maximum Gasteiger partial charge on any atom is 0.254 e. The second-order valence-corrected chi connectivity index (χ2v) is 7.50. The van der Waals surface area contributed by atoms with Gasteiger partial charge in [0.15, 0.2) is 0 Å². The number of fused-ring (bicyclic) bond motifs is 3. The number of nitrogens with one attached hydrogen (secondary N) is 1. The van der Waals surface area contributed by atoms with Gasteiger partial charge in [-0.15, -0.1) is 0 Å². The van der Waals surface area contributed by atoms with Crippen molar-refractivity contribution < 1.29 is 4.79 Å². The van der Waals surface area contributed by atoms with E-state index >= 15 is 0 Å². The zero-order chi connectivity index (χ0) is 16.0. The number of amides is 1. The van der Waals surface area contributed by atoms with Gasteiger partial charge >= 0.3 is 0 Å². The number of benzene rings is 2. The maximum absolute atomic E-state index is 12.8. The van der Waals surface area contributed by atoms with Gasteiger partial charge in [0.05, 0.1) is 5.52 Å². The van der Waals surface area contributed by atoms with Crippen molar-refractivity contribution in [2.24, 2.45) is 0 Å². The van der Waals surface area contributed by atoms with Gasteiger partial charge in [-0.25, -0.2) is 0 Å². The van der Waals surface area contributed by atoms with Crippen molar-refractivity contribution in [2.45, 2.75) is 13.0 Å². The molecule has 1 N–H and O–H groups in total. The second-order valence-electron chi connectivity index (χ2n) is 5.73. The van der Waals surface area contributed by atoms with Crippen molar-refractivity contribution in [2.75, 3.05) is 6.54 Å². The molecule has 3 aromatic rings. The molecule has 0 unspecified atom stereocenters. The molecule has 1 aliphatic heterocycles. The molecule has 0 spiro atoms. The summed E-state index contributed by atoms with van der Waals surface area (Å²) in [5, 5.41) is 1.20. The molecule has 0 atom stereocenters. The van der Waals surface area contributed by atoms with E-state index in [1.165, 1.54) is 16.6 Å². The van der Waals surface area contributed by atoms with Crippen LogP contribution in [0.2, 0.25) is 0 Å². The van der Waals surface area contributed by atoms with Crippen molar-refractivity contribution >= 4 is 48.7 Å². The van der Waals surface area contributed by atoms with E-state index < -0.39 is 0 Å². The van der Waals surface area contributed by atoms with Gasteiger partial charge in [-0.2, -0.15) is 0 Å². The minimum absolute atomic E-state index is 0.0845. The molecule has 23 heavy (non-hydrogen) atoms. The lowest BCUT2D eigenvalue weighted by Gasteiger charge is -2.27. The summed E-state index contributed by atoms with van der Waals surface area (Å²) in [4.78, 5) is 18.2. The van der Waals surface area contributed by atoms with Crippen LogP contribution in [0.15, 0.2) is 51.4 Å². The Morgan fingerprint density at radius 1 is 1.13 bits per heavy atom. The zero-order valence-electron chi connectivity index (χ0n) is 12.3. The Labute approximate surface area is 150 Å². The number of para-hydroxylation sites is 1. The predicted octanol–water partition coefficient (Wildman–Crippen LogP) is 4.89.